The molecule has 4 rings (SSSR count). The number of thiocarbonyl (C=S) groups is 1. The number of rotatable bonds is 6. The monoisotopic (exact) mass is 667 g/mol. The van der Waals surface area contributed by atoms with Crippen LogP contribution in [0.2, 0.25) is 0 Å². The molecule has 168 valence electrons. The van der Waals surface area contributed by atoms with Gasteiger partial charge in [-0.15, -0.1) is 0 Å². The Balaban J connectivity index is 1.57. The Morgan fingerprint density at radius 3 is 2.27 bits per heavy atom. The van der Waals surface area contributed by atoms with Gasteiger partial charge in [0.05, 0.1) is 22.2 Å². The number of methoxy groups -OCH3 is 1. The quantitative estimate of drug-likeness (QED) is 0.197. The number of benzene rings is 3. The van der Waals surface area contributed by atoms with Gasteiger partial charge in [-0.05, 0) is 81.7 Å². The Morgan fingerprint density at radius 2 is 1.64 bits per heavy atom. The summed E-state index contributed by atoms with van der Waals surface area (Å²) in [5.74, 6) is 1.01. The maximum absolute atomic E-state index is 13.1. The zero-order valence-corrected chi connectivity index (χ0v) is 23.6. The highest BCUT2D eigenvalue weighted by molar-refractivity contribution is 9.11. The lowest BCUT2D eigenvalue weighted by atomic mass is 10.1. The maximum atomic E-state index is 13.1. The van der Waals surface area contributed by atoms with Gasteiger partial charge in [0, 0.05) is 8.95 Å². The Hall–Kier alpha value is -1.65. The molecule has 1 amide bonds. The van der Waals surface area contributed by atoms with Crippen LogP contribution < -0.4 is 14.4 Å². The van der Waals surface area contributed by atoms with E-state index in [4.69, 9.17) is 21.7 Å². The third-order valence-corrected chi connectivity index (χ3v) is 7.67. The van der Waals surface area contributed by atoms with Crippen LogP contribution in [0.3, 0.4) is 0 Å². The lowest BCUT2D eigenvalue weighted by Gasteiger charge is -2.14. The number of amides is 1. The van der Waals surface area contributed by atoms with Gasteiger partial charge in [-0.3, -0.25) is 9.69 Å². The fourth-order valence-electron chi connectivity index (χ4n) is 3.13. The van der Waals surface area contributed by atoms with Gasteiger partial charge in [-0.1, -0.05) is 68.0 Å². The number of nitrogens with zero attached hydrogens (tertiary/aromatic N) is 1. The average Bonchev–Trinajstić information content (AvgIpc) is 3.07. The minimum absolute atomic E-state index is 0.155. The lowest BCUT2D eigenvalue weighted by molar-refractivity contribution is -0.113. The first kappa shape index (κ1) is 24.5. The van der Waals surface area contributed by atoms with Crippen molar-refractivity contribution in [1.29, 1.82) is 0 Å². The Labute approximate surface area is 226 Å². The number of hydrogen-bond acceptors (Lipinski definition) is 5. The molecule has 0 aliphatic carbocycles. The van der Waals surface area contributed by atoms with Crippen LogP contribution in [-0.4, -0.2) is 17.3 Å². The highest BCUT2D eigenvalue weighted by Crippen LogP contribution is 2.40. The van der Waals surface area contributed by atoms with Gasteiger partial charge in [0.25, 0.3) is 5.91 Å². The van der Waals surface area contributed by atoms with Gasteiger partial charge < -0.3 is 9.47 Å². The number of anilines is 1. The SMILES string of the molecule is COc1cc(/C=C2/SC(=S)N(c3ccc(Br)cc3)C2=O)cc(Br)c1OCc1ccc(Br)cc1. The van der Waals surface area contributed by atoms with Crippen LogP contribution in [0.1, 0.15) is 11.1 Å². The van der Waals surface area contributed by atoms with E-state index in [9.17, 15) is 4.79 Å². The van der Waals surface area contributed by atoms with Crippen molar-refractivity contribution in [2.45, 2.75) is 6.61 Å². The second-order valence-electron chi connectivity index (χ2n) is 6.94. The summed E-state index contributed by atoms with van der Waals surface area (Å²) in [7, 11) is 1.59. The fourth-order valence-corrected chi connectivity index (χ4v) is 5.53. The van der Waals surface area contributed by atoms with Gasteiger partial charge in [0.2, 0.25) is 0 Å². The molecule has 0 spiro atoms. The van der Waals surface area contributed by atoms with Crippen molar-refractivity contribution in [1.82, 2.24) is 0 Å². The molecular formula is C24H16Br3NO3S2. The second-order valence-corrected chi connectivity index (χ2v) is 11.3. The minimum Gasteiger partial charge on any atom is -0.493 e. The van der Waals surface area contributed by atoms with Gasteiger partial charge in [0.1, 0.15) is 6.61 Å². The number of hydrogen-bond donors (Lipinski definition) is 0. The largest absolute Gasteiger partial charge is 0.493 e. The first-order valence-electron chi connectivity index (χ1n) is 9.64. The molecule has 0 bridgehead atoms. The van der Waals surface area contributed by atoms with Crippen molar-refractivity contribution in [3.8, 4) is 11.5 Å². The van der Waals surface area contributed by atoms with Crippen LogP contribution in [-0.2, 0) is 11.4 Å². The number of carbonyl (C=O) groups excluding carboxylic acids is 1. The van der Waals surface area contributed by atoms with E-state index in [1.165, 1.54) is 11.8 Å². The van der Waals surface area contributed by atoms with E-state index >= 15 is 0 Å². The Bertz CT molecular complexity index is 1250. The molecule has 0 aromatic heterocycles. The third-order valence-electron chi connectivity index (χ3n) is 4.72. The summed E-state index contributed by atoms with van der Waals surface area (Å²) in [5.41, 5.74) is 2.57. The molecule has 4 nitrogen and oxygen atoms in total. The maximum Gasteiger partial charge on any atom is 0.270 e. The van der Waals surface area contributed by atoms with Crippen LogP contribution in [0.4, 0.5) is 5.69 Å². The van der Waals surface area contributed by atoms with Crippen molar-refractivity contribution >= 4 is 93.8 Å². The summed E-state index contributed by atoms with van der Waals surface area (Å²) in [6.07, 6.45) is 1.81. The van der Waals surface area contributed by atoms with Crippen LogP contribution in [0.25, 0.3) is 6.08 Å². The zero-order chi connectivity index (χ0) is 23.5. The van der Waals surface area contributed by atoms with Crippen molar-refractivity contribution in [3.05, 3.63) is 90.1 Å². The molecule has 9 heteroatoms. The standard InChI is InChI=1S/C24H16Br3NO3S2/c1-30-20-11-15(10-19(27)22(20)31-13-14-2-4-16(25)5-3-14)12-21-23(29)28(24(32)33-21)18-8-6-17(26)7-9-18/h2-12H,13H2,1H3/b21-12+. The zero-order valence-electron chi connectivity index (χ0n) is 17.2. The molecule has 1 saturated heterocycles. The average molecular weight is 670 g/mol. The van der Waals surface area contributed by atoms with Crippen LogP contribution in [0.15, 0.2) is 79.0 Å². The number of ether oxygens (including phenoxy) is 2. The molecule has 1 aliphatic rings. The highest BCUT2D eigenvalue weighted by Gasteiger charge is 2.33. The molecule has 0 unspecified atom stereocenters. The summed E-state index contributed by atoms with van der Waals surface area (Å²) in [6.45, 7) is 0.396. The molecule has 3 aromatic rings. The first-order chi connectivity index (χ1) is 15.9. The van der Waals surface area contributed by atoms with E-state index < -0.39 is 0 Å². The summed E-state index contributed by atoms with van der Waals surface area (Å²) < 4.78 is 14.8. The third kappa shape index (κ3) is 5.71. The molecule has 1 fully saturated rings. The fraction of sp³-hybridized carbons (Fsp3) is 0.0833. The molecular weight excluding hydrogens is 654 g/mol. The van der Waals surface area contributed by atoms with Gasteiger partial charge >= 0.3 is 0 Å². The predicted molar refractivity (Wildman–Crippen MR) is 149 cm³/mol. The number of thioether (sulfide) groups is 1. The summed E-state index contributed by atoms with van der Waals surface area (Å²) in [5, 5.41) is 0. The van der Waals surface area contributed by atoms with Crippen LogP contribution in [0.5, 0.6) is 11.5 Å². The lowest BCUT2D eigenvalue weighted by Crippen LogP contribution is -2.27. The van der Waals surface area contributed by atoms with Gasteiger partial charge in [-0.2, -0.15) is 0 Å². The normalized spacial score (nSPS) is 14.8. The number of halogens is 3. The van der Waals surface area contributed by atoms with E-state index in [0.717, 1.165) is 30.2 Å². The Morgan fingerprint density at radius 1 is 1.00 bits per heavy atom. The molecule has 0 atom stereocenters. The van der Waals surface area contributed by atoms with Gasteiger partial charge in [0.15, 0.2) is 15.8 Å². The molecule has 1 aliphatic heterocycles. The van der Waals surface area contributed by atoms with Crippen molar-refractivity contribution in [2.75, 3.05) is 12.0 Å². The van der Waals surface area contributed by atoms with Crippen LogP contribution >= 0.6 is 71.8 Å². The van der Waals surface area contributed by atoms with E-state index in [-0.39, 0.29) is 5.91 Å². The van der Waals surface area contributed by atoms with E-state index in [2.05, 4.69) is 47.8 Å². The summed E-state index contributed by atoms with van der Waals surface area (Å²) in [6, 6.07) is 19.1. The molecule has 0 saturated carbocycles. The minimum atomic E-state index is -0.155. The second kappa shape index (κ2) is 10.7. The molecule has 0 radical (unpaired) electrons. The Kier molecular flexibility index (Phi) is 7.96. The molecule has 1 heterocycles. The van der Waals surface area contributed by atoms with E-state index in [0.29, 0.717) is 27.3 Å². The van der Waals surface area contributed by atoms with E-state index in [1.807, 2.05) is 66.7 Å². The summed E-state index contributed by atoms with van der Waals surface area (Å²) >= 11 is 17.2. The predicted octanol–water partition coefficient (Wildman–Crippen LogP) is 7.97. The van der Waals surface area contributed by atoms with Crippen molar-refractivity contribution < 1.29 is 14.3 Å². The number of carbonyl (C=O) groups is 1. The topological polar surface area (TPSA) is 38.8 Å². The van der Waals surface area contributed by atoms with Crippen molar-refractivity contribution in [3.63, 3.8) is 0 Å². The first-order valence-corrected chi connectivity index (χ1v) is 13.2. The van der Waals surface area contributed by atoms with Crippen LogP contribution in [0, 0.1) is 0 Å². The summed E-state index contributed by atoms with van der Waals surface area (Å²) in [4.78, 5) is 15.1. The molecule has 3 aromatic carbocycles. The van der Waals surface area contributed by atoms with E-state index in [1.54, 1.807) is 12.0 Å². The van der Waals surface area contributed by atoms with Gasteiger partial charge in [-0.25, -0.2) is 0 Å². The highest BCUT2D eigenvalue weighted by atomic mass is 79.9. The molecule has 0 N–H and O–H groups in total. The van der Waals surface area contributed by atoms with Crippen molar-refractivity contribution in [2.24, 2.45) is 0 Å². The molecule has 33 heavy (non-hydrogen) atoms. The smallest absolute Gasteiger partial charge is 0.270 e.